The average Bonchev–Trinajstić information content (AvgIpc) is 3.44. The lowest BCUT2D eigenvalue weighted by Crippen LogP contribution is -2.36. The number of nitrogens with zero attached hydrogens (tertiary/aromatic N) is 4. The van der Waals surface area contributed by atoms with Crippen molar-refractivity contribution >= 4 is 16.9 Å². The van der Waals surface area contributed by atoms with Crippen LogP contribution in [0, 0.1) is 0 Å². The largest absolute Gasteiger partial charge is 0.337 e. The zero-order chi connectivity index (χ0) is 18.2. The summed E-state index contributed by atoms with van der Waals surface area (Å²) in [5.41, 5.74) is 3.50. The molecule has 2 aliphatic rings. The third-order valence-electron chi connectivity index (χ3n) is 5.45. The van der Waals surface area contributed by atoms with Crippen molar-refractivity contribution in [2.24, 2.45) is 4.99 Å². The fourth-order valence-corrected chi connectivity index (χ4v) is 5.47. The molecule has 5 heteroatoms. The van der Waals surface area contributed by atoms with E-state index in [1.165, 1.54) is 16.5 Å². The highest BCUT2D eigenvalue weighted by Gasteiger charge is 2.46. The van der Waals surface area contributed by atoms with Gasteiger partial charge in [0.2, 0.25) is 0 Å². The molecular weight excluding hydrogens is 352 g/mol. The van der Waals surface area contributed by atoms with Crippen LogP contribution in [0.5, 0.6) is 0 Å². The lowest BCUT2D eigenvalue weighted by molar-refractivity contribution is 0.249. The van der Waals surface area contributed by atoms with Gasteiger partial charge < -0.3 is 9.47 Å². The van der Waals surface area contributed by atoms with Crippen LogP contribution in [0.1, 0.15) is 36.8 Å². The fourth-order valence-electron chi connectivity index (χ4n) is 4.13. The number of rotatable bonds is 4. The van der Waals surface area contributed by atoms with Crippen molar-refractivity contribution in [1.82, 2.24) is 14.5 Å². The highest BCUT2D eigenvalue weighted by Crippen LogP contribution is 2.48. The van der Waals surface area contributed by atoms with E-state index in [4.69, 9.17) is 4.99 Å². The molecule has 5 rings (SSSR count). The number of benzene rings is 1. The first kappa shape index (κ1) is 16.6. The molecule has 1 saturated heterocycles. The number of hydrogen-bond donors (Lipinski definition) is 0. The summed E-state index contributed by atoms with van der Waals surface area (Å²) in [6, 6.07) is 21.8. The summed E-state index contributed by atoms with van der Waals surface area (Å²) in [4.78, 5) is 12.3. The maximum atomic E-state index is 5.12. The van der Waals surface area contributed by atoms with E-state index in [-0.39, 0.29) is 12.1 Å². The summed E-state index contributed by atoms with van der Waals surface area (Å²) in [6.07, 6.45) is 5.16. The maximum absolute atomic E-state index is 5.12. The van der Waals surface area contributed by atoms with Crippen LogP contribution in [0.3, 0.4) is 0 Å². The zero-order valence-electron chi connectivity index (χ0n) is 15.3. The number of pyridine rings is 1. The Morgan fingerprint density at radius 2 is 1.89 bits per heavy atom. The van der Waals surface area contributed by atoms with E-state index in [1.807, 2.05) is 24.0 Å². The minimum atomic E-state index is 0.0282. The molecule has 0 amide bonds. The van der Waals surface area contributed by atoms with Crippen LogP contribution < -0.4 is 0 Å². The summed E-state index contributed by atoms with van der Waals surface area (Å²) < 4.78 is 2.30. The number of aliphatic imine (C=N–C) groups is 1. The second-order valence-electron chi connectivity index (χ2n) is 6.97. The van der Waals surface area contributed by atoms with Crippen molar-refractivity contribution in [2.75, 3.05) is 5.75 Å². The molecule has 0 saturated carbocycles. The monoisotopic (exact) mass is 374 g/mol. The summed E-state index contributed by atoms with van der Waals surface area (Å²) in [6.45, 7) is 2.27. The third kappa shape index (κ3) is 2.77. The van der Waals surface area contributed by atoms with Crippen molar-refractivity contribution < 1.29 is 0 Å². The number of hydrogen-bond acceptors (Lipinski definition) is 4. The second-order valence-corrected chi connectivity index (χ2v) is 7.96. The number of thioether (sulfide) groups is 1. The van der Waals surface area contributed by atoms with Crippen LogP contribution in [0.15, 0.2) is 78.0 Å². The van der Waals surface area contributed by atoms with E-state index < -0.39 is 0 Å². The predicted octanol–water partition coefficient (Wildman–Crippen LogP) is 4.85. The van der Waals surface area contributed by atoms with Gasteiger partial charge in [-0.1, -0.05) is 43.0 Å². The molecule has 3 atom stereocenters. The number of para-hydroxylation sites is 1. The topological polar surface area (TPSA) is 33.4 Å². The Morgan fingerprint density at radius 3 is 2.67 bits per heavy atom. The first-order valence-electron chi connectivity index (χ1n) is 9.49. The fraction of sp³-hybridized carbons (Fsp3) is 0.273. The third-order valence-corrected chi connectivity index (χ3v) is 6.57. The van der Waals surface area contributed by atoms with Crippen molar-refractivity contribution in [3.8, 4) is 5.69 Å². The molecular formula is C22H22N4S. The van der Waals surface area contributed by atoms with Crippen LogP contribution >= 0.6 is 11.8 Å². The molecule has 2 aliphatic heterocycles. The predicted molar refractivity (Wildman–Crippen MR) is 111 cm³/mol. The van der Waals surface area contributed by atoms with Crippen molar-refractivity contribution in [3.63, 3.8) is 0 Å². The van der Waals surface area contributed by atoms with Crippen LogP contribution in [-0.4, -0.2) is 31.4 Å². The van der Waals surface area contributed by atoms with Gasteiger partial charge in [0.05, 0.1) is 5.69 Å². The summed E-state index contributed by atoms with van der Waals surface area (Å²) in [7, 11) is 0. The van der Waals surface area contributed by atoms with Gasteiger partial charge in [0.25, 0.3) is 0 Å². The van der Waals surface area contributed by atoms with E-state index in [2.05, 4.69) is 82.2 Å². The van der Waals surface area contributed by atoms with Crippen molar-refractivity contribution in [3.05, 3.63) is 84.4 Å². The Balaban J connectivity index is 1.63. The molecule has 0 N–H and O–H groups in total. The van der Waals surface area contributed by atoms with E-state index in [0.717, 1.165) is 17.9 Å². The minimum Gasteiger partial charge on any atom is -0.337 e. The van der Waals surface area contributed by atoms with Gasteiger partial charge in [-0.3, -0.25) is 9.98 Å². The lowest BCUT2D eigenvalue weighted by Gasteiger charge is -2.32. The maximum Gasteiger partial charge on any atom is 0.160 e. The zero-order valence-corrected chi connectivity index (χ0v) is 16.1. The molecule has 1 fully saturated rings. The van der Waals surface area contributed by atoms with Crippen LogP contribution in [0.25, 0.3) is 5.69 Å². The standard InChI is InChI=1S/C22H22N4S/c1-2-16-15-27-22-24-20(18-11-6-7-13-23-18)21(26(16)22)19-12-8-14-25(19)17-9-4-3-5-10-17/h3-14,16,20-21H,2,15H2,1H3/t16-,20-,21+/m0/s1. The van der Waals surface area contributed by atoms with Gasteiger partial charge >= 0.3 is 0 Å². The Labute approximate surface area is 164 Å². The second kappa shape index (κ2) is 6.89. The molecule has 4 heterocycles. The Bertz CT molecular complexity index is 951. The van der Waals surface area contributed by atoms with Crippen LogP contribution in [0.2, 0.25) is 0 Å². The molecule has 3 aromatic rings. The first-order chi connectivity index (χ1) is 13.4. The SMILES string of the molecule is CC[C@H]1CSC2=N[C@@H](c3ccccn3)[C@@H](c3cccn3-c3ccccc3)N21. The number of aromatic nitrogens is 2. The summed E-state index contributed by atoms with van der Waals surface area (Å²) in [5, 5.41) is 1.17. The van der Waals surface area contributed by atoms with Gasteiger partial charge in [0, 0.05) is 35.6 Å². The van der Waals surface area contributed by atoms with Crippen LogP contribution in [-0.2, 0) is 0 Å². The van der Waals surface area contributed by atoms with Gasteiger partial charge in [-0.2, -0.15) is 0 Å². The van der Waals surface area contributed by atoms with Gasteiger partial charge in [-0.15, -0.1) is 0 Å². The minimum absolute atomic E-state index is 0.0282. The van der Waals surface area contributed by atoms with E-state index >= 15 is 0 Å². The number of fused-ring (bicyclic) bond motifs is 1. The Hall–Kier alpha value is -2.53. The van der Waals surface area contributed by atoms with Crippen LogP contribution in [0.4, 0.5) is 0 Å². The molecule has 1 aromatic carbocycles. The summed E-state index contributed by atoms with van der Waals surface area (Å²) in [5.74, 6) is 1.12. The lowest BCUT2D eigenvalue weighted by atomic mass is 9.99. The quantitative estimate of drug-likeness (QED) is 0.654. The molecule has 4 nitrogen and oxygen atoms in total. The molecule has 0 spiro atoms. The van der Waals surface area contributed by atoms with Gasteiger partial charge in [-0.05, 0) is 42.8 Å². The van der Waals surface area contributed by atoms with Gasteiger partial charge in [0.15, 0.2) is 5.17 Å². The van der Waals surface area contributed by atoms with E-state index in [1.54, 1.807) is 0 Å². The molecule has 136 valence electrons. The average molecular weight is 375 g/mol. The highest BCUT2D eigenvalue weighted by molar-refractivity contribution is 8.14. The molecule has 0 bridgehead atoms. The first-order valence-corrected chi connectivity index (χ1v) is 10.5. The molecule has 0 unspecified atom stereocenters. The Kier molecular flexibility index (Phi) is 4.24. The molecule has 0 radical (unpaired) electrons. The van der Waals surface area contributed by atoms with Gasteiger partial charge in [0.1, 0.15) is 12.1 Å². The molecule has 27 heavy (non-hydrogen) atoms. The highest BCUT2D eigenvalue weighted by atomic mass is 32.2. The van der Waals surface area contributed by atoms with E-state index in [0.29, 0.717) is 6.04 Å². The van der Waals surface area contributed by atoms with E-state index in [9.17, 15) is 0 Å². The summed E-state index contributed by atoms with van der Waals surface area (Å²) >= 11 is 1.89. The molecule has 2 aromatic heterocycles. The molecule has 0 aliphatic carbocycles. The smallest absolute Gasteiger partial charge is 0.160 e. The van der Waals surface area contributed by atoms with Crippen molar-refractivity contribution in [1.29, 1.82) is 0 Å². The van der Waals surface area contributed by atoms with Gasteiger partial charge in [-0.25, -0.2) is 0 Å². The Morgan fingerprint density at radius 1 is 1.04 bits per heavy atom. The van der Waals surface area contributed by atoms with Crippen molar-refractivity contribution in [2.45, 2.75) is 31.5 Å². The number of amidine groups is 1. The normalized spacial score (nSPS) is 24.1.